The molecule has 0 aliphatic heterocycles. The minimum absolute atomic E-state index is 0. The van der Waals surface area contributed by atoms with Gasteiger partial charge in [-0.2, -0.15) is 0 Å². The largest absolute Gasteiger partial charge is 4.00 e. The van der Waals surface area contributed by atoms with Crippen LogP contribution in [0.15, 0.2) is 0 Å². The second kappa shape index (κ2) is 30.0. The minimum Gasteiger partial charge on any atom is -0.356 e. The molecule has 16 nitrogen and oxygen atoms in total. The molecule has 99 valence electrons. The van der Waals surface area contributed by atoms with Gasteiger partial charge in [-0.05, 0) is 0 Å². The second-order valence-electron chi connectivity index (χ2n) is 0.894. The summed E-state index contributed by atoms with van der Waals surface area (Å²) in [6.45, 7) is 0. The van der Waals surface area contributed by atoms with Gasteiger partial charge in [0.25, 0.3) is 0 Å². The van der Waals surface area contributed by atoms with Gasteiger partial charge in [0.05, 0.1) is 20.3 Å². The standard InChI is InChI=1S/Ac.4NO3.Th/c;4*2-1(3)4;/q;4*-1;+4. The normalized spacial score (nSPS) is 5.33. The average Bonchev–Trinajstić information content (AvgIpc) is 1.76. The predicted octanol–water partition coefficient (Wildman–Crippen LogP) is -0.956. The van der Waals surface area contributed by atoms with E-state index in [0.717, 1.165) is 0 Å². The van der Waals surface area contributed by atoms with Gasteiger partial charge in [0.15, 0.2) is 0 Å². The molecule has 0 amide bonds. The summed E-state index contributed by atoms with van der Waals surface area (Å²) in [6.07, 6.45) is 0. The molecule has 18 heteroatoms. The van der Waals surface area contributed by atoms with Crippen LogP contribution in [0.25, 0.3) is 0 Å². The Bertz CT molecular complexity index is 164. The topological polar surface area (TPSA) is 265 Å². The molecular formula is AcN4O12Th. The van der Waals surface area contributed by atoms with E-state index < -0.39 is 20.3 Å². The van der Waals surface area contributed by atoms with Crippen LogP contribution in [0.2, 0.25) is 0 Å². The van der Waals surface area contributed by atoms with Gasteiger partial charge in [-0.3, -0.25) is 0 Å². The number of hydrogen-bond donors (Lipinski definition) is 0. The Kier molecular flexibility index (Phi) is 60.1. The molecular weight excluding hydrogens is 707 g/mol. The van der Waals surface area contributed by atoms with Crippen molar-refractivity contribution in [3.8, 4) is 0 Å². The van der Waals surface area contributed by atoms with Crippen LogP contribution in [0.4, 0.5) is 0 Å². The van der Waals surface area contributed by atoms with Crippen molar-refractivity contribution in [2.24, 2.45) is 0 Å². The molecule has 0 aromatic rings. The van der Waals surface area contributed by atoms with E-state index in [-0.39, 0.29) is 84.0 Å². The Morgan fingerprint density at radius 1 is 0.444 bits per heavy atom. The van der Waals surface area contributed by atoms with E-state index in [1.54, 1.807) is 0 Å². The molecule has 0 aliphatic rings. The third-order valence-electron chi connectivity index (χ3n) is 0. The Balaban J connectivity index is -0.0000000257. The summed E-state index contributed by atoms with van der Waals surface area (Å²) in [4.78, 5) is 33.0. The molecule has 0 aromatic heterocycles. The third kappa shape index (κ3) is 17600. The van der Waals surface area contributed by atoms with Crippen LogP contribution < -0.4 is 0 Å². The van der Waals surface area contributed by atoms with Crippen LogP contribution in [0.1, 0.15) is 0 Å². The van der Waals surface area contributed by atoms with Crippen molar-refractivity contribution >= 4 is 0 Å². The average molecular weight is 707 g/mol. The van der Waals surface area contributed by atoms with Gasteiger partial charge in [0.2, 0.25) is 0 Å². The summed E-state index contributed by atoms with van der Waals surface area (Å²) in [5.74, 6) is 0. The van der Waals surface area contributed by atoms with E-state index in [1.807, 2.05) is 0 Å². The van der Waals surface area contributed by atoms with Crippen LogP contribution in [0.3, 0.4) is 0 Å². The van der Waals surface area contributed by atoms with Gasteiger partial charge in [0.1, 0.15) is 0 Å². The second-order valence-corrected chi connectivity index (χ2v) is 0.894. The van der Waals surface area contributed by atoms with Crippen molar-refractivity contribution in [3.63, 3.8) is 0 Å². The predicted molar refractivity (Wildman–Crippen MR) is 41.4 cm³/mol. The molecule has 0 aliphatic carbocycles. The summed E-state index contributed by atoms with van der Waals surface area (Å²) >= 11 is 0. The van der Waals surface area contributed by atoms with Crippen LogP contribution in [0, 0.1) is 145 Å². The first-order valence-corrected chi connectivity index (χ1v) is 2.19. The molecule has 0 saturated carbocycles. The molecule has 0 rings (SSSR count). The van der Waals surface area contributed by atoms with Crippen LogP contribution in [-0.2, 0) is 0 Å². The summed E-state index contributed by atoms with van der Waals surface area (Å²) < 4.78 is 0. The maximum Gasteiger partial charge on any atom is 4.00 e. The molecule has 0 saturated heterocycles. The monoisotopic (exact) mass is 707 g/mol. The molecule has 0 bridgehead atoms. The number of rotatable bonds is 0. The van der Waals surface area contributed by atoms with Crippen molar-refractivity contribution < 1.29 is 104 Å². The van der Waals surface area contributed by atoms with E-state index in [1.165, 1.54) is 0 Å². The van der Waals surface area contributed by atoms with E-state index in [2.05, 4.69) is 0 Å². The molecule has 0 N–H and O–H groups in total. The Morgan fingerprint density at radius 3 is 0.444 bits per heavy atom. The zero-order chi connectivity index (χ0) is 14.3. The van der Waals surface area contributed by atoms with Crippen molar-refractivity contribution in [2.75, 3.05) is 0 Å². The molecule has 0 spiro atoms. The molecule has 0 heterocycles. The first-order chi connectivity index (χ1) is 6.93. The van der Waals surface area contributed by atoms with E-state index in [0.29, 0.717) is 0 Å². The van der Waals surface area contributed by atoms with E-state index >= 15 is 0 Å². The Morgan fingerprint density at radius 2 is 0.444 bits per heavy atom. The molecule has 0 aromatic carbocycles. The number of nitrogens with zero attached hydrogens (tertiary/aromatic N) is 4. The van der Waals surface area contributed by atoms with Gasteiger partial charge in [-0.15, -0.1) is 0 Å². The van der Waals surface area contributed by atoms with Crippen LogP contribution in [0.5, 0.6) is 0 Å². The third-order valence-corrected chi connectivity index (χ3v) is 0. The first kappa shape index (κ1) is 36.0. The molecule has 0 unspecified atom stereocenters. The Labute approximate surface area is 163 Å². The fourth-order valence-corrected chi connectivity index (χ4v) is 0. The van der Waals surface area contributed by atoms with Crippen molar-refractivity contribution in [3.05, 3.63) is 61.3 Å². The summed E-state index contributed by atoms with van der Waals surface area (Å²) in [6, 6.07) is 0. The summed E-state index contributed by atoms with van der Waals surface area (Å²) in [7, 11) is 0. The van der Waals surface area contributed by atoms with Gasteiger partial charge >= 0.3 is 39.9 Å². The molecule has 1 radical (unpaired) electrons. The zero-order valence-corrected chi connectivity index (χ0v) is 16.6. The smallest absolute Gasteiger partial charge is 0.356 e. The van der Waals surface area contributed by atoms with Crippen molar-refractivity contribution in [1.82, 2.24) is 0 Å². The minimum atomic E-state index is -1.75. The van der Waals surface area contributed by atoms with Gasteiger partial charge in [0, 0.05) is 44.1 Å². The van der Waals surface area contributed by atoms with Crippen molar-refractivity contribution in [2.45, 2.75) is 0 Å². The number of hydrogen-bond acceptors (Lipinski definition) is 12. The zero-order valence-electron chi connectivity index (χ0n) is 7.77. The molecule has 18 heavy (non-hydrogen) atoms. The first-order valence-electron chi connectivity index (χ1n) is 2.19. The SMILES string of the molecule is O=[N+]([O-])[O-].O=[N+]([O-])[O-].O=[N+]([O-])[O-].O=[N+]([O-])[O-].[Ac].[Th+4]. The van der Waals surface area contributed by atoms with E-state index in [9.17, 15) is 0 Å². The van der Waals surface area contributed by atoms with Gasteiger partial charge in [-0.25, -0.2) is 0 Å². The molecule has 0 atom stereocenters. The summed E-state index contributed by atoms with van der Waals surface area (Å²) in [5, 5.41) is 59.0. The molecule has 0 fully saturated rings. The fourth-order valence-electron chi connectivity index (χ4n) is 0. The van der Waals surface area contributed by atoms with Gasteiger partial charge in [-0.1, -0.05) is 0 Å². The summed E-state index contributed by atoms with van der Waals surface area (Å²) in [5.41, 5.74) is 0. The van der Waals surface area contributed by atoms with Crippen LogP contribution in [-0.4, -0.2) is 20.3 Å². The Hall–Kier alpha value is -0.434. The van der Waals surface area contributed by atoms with Gasteiger partial charge < -0.3 is 61.3 Å². The quantitative estimate of drug-likeness (QED) is 0.218. The van der Waals surface area contributed by atoms with Crippen LogP contribution >= 0.6 is 0 Å². The van der Waals surface area contributed by atoms with E-state index in [4.69, 9.17) is 61.3 Å². The maximum atomic E-state index is 8.25. The van der Waals surface area contributed by atoms with Crippen molar-refractivity contribution in [1.29, 1.82) is 0 Å². The fraction of sp³-hybridized carbons (Fsp3) is 0. The maximum absolute atomic E-state index is 8.25.